The normalized spacial score (nSPS) is 11.9. The Labute approximate surface area is 121 Å². The van der Waals surface area contributed by atoms with E-state index >= 15 is 0 Å². The zero-order valence-corrected chi connectivity index (χ0v) is 13.1. The molecule has 0 aliphatic carbocycles. The number of nitrogens with zero attached hydrogens (tertiary/aromatic N) is 3. The minimum atomic E-state index is -0.221. The van der Waals surface area contributed by atoms with Crippen LogP contribution in [0.25, 0.3) is 11.4 Å². The molecule has 19 heavy (non-hydrogen) atoms. The van der Waals surface area contributed by atoms with Crippen LogP contribution in [0, 0.1) is 12.7 Å². The van der Waals surface area contributed by atoms with Crippen molar-refractivity contribution >= 4 is 15.9 Å². The van der Waals surface area contributed by atoms with Crippen molar-refractivity contribution in [3.05, 3.63) is 35.4 Å². The third-order valence-electron chi connectivity index (χ3n) is 2.95. The molecule has 0 radical (unpaired) electrons. The molecule has 0 saturated heterocycles. The van der Waals surface area contributed by atoms with Crippen LogP contribution in [0.15, 0.2) is 18.2 Å². The Morgan fingerprint density at radius 1 is 1.26 bits per heavy atom. The van der Waals surface area contributed by atoms with Crippen LogP contribution in [-0.4, -0.2) is 14.8 Å². The van der Waals surface area contributed by atoms with E-state index < -0.39 is 0 Å². The van der Waals surface area contributed by atoms with E-state index in [1.165, 1.54) is 6.07 Å². The van der Waals surface area contributed by atoms with Gasteiger partial charge in [-0.3, -0.25) is 0 Å². The van der Waals surface area contributed by atoms with Crippen LogP contribution in [0.4, 0.5) is 4.39 Å². The average Bonchev–Trinajstić information content (AvgIpc) is 2.76. The smallest absolute Gasteiger partial charge is 0.164 e. The lowest BCUT2D eigenvalue weighted by Crippen LogP contribution is -2.24. The standard InChI is InChI=1S/C14H17BrFN3/c1-9-5-6-10(7-11(9)16)13-18-17-12(8-15)19(13)14(2,3)4/h5-7H,8H2,1-4H3. The minimum Gasteiger partial charge on any atom is -0.305 e. The van der Waals surface area contributed by atoms with Crippen molar-refractivity contribution in [2.75, 3.05) is 0 Å². The summed E-state index contributed by atoms with van der Waals surface area (Å²) in [5.74, 6) is 1.31. The number of aryl methyl sites for hydroxylation is 1. The van der Waals surface area contributed by atoms with Crippen LogP contribution in [0.2, 0.25) is 0 Å². The van der Waals surface area contributed by atoms with Crippen molar-refractivity contribution in [1.29, 1.82) is 0 Å². The largest absolute Gasteiger partial charge is 0.305 e. The molecule has 3 nitrogen and oxygen atoms in total. The first-order valence-electron chi connectivity index (χ1n) is 6.12. The van der Waals surface area contributed by atoms with E-state index in [1.54, 1.807) is 13.0 Å². The topological polar surface area (TPSA) is 30.7 Å². The Morgan fingerprint density at radius 2 is 1.95 bits per heavy atom. The zero-order chi connectivity index (χ0) is 14.2. The molecule has 102 valence electrons. The summed E-state index contributed by atoms with van der Waals surface area (Å²) < 4.78 is 15.7. The van der Waals surface area contributed by atoms with E-state index in [1.807, 2.05) is 10.6 Å². The van der Waals surface area contributed by atoms with Crippen molar-refractivity contribution in [2.24, 2.45) is 0 Å². The predicted octanol–water partition coefficient (Wildman–Crippen LogP) is 4.04. The highest BCUT2D eigenvalue weighted by Gasteiger charge is 2.23. The van der Waals surface area contributed by atoms with E-state index in [0.717, 1.165) is 11.4 Å². The molecule has 0 aliphatic rings. The molecule has 2 rings (SSSR count). The van der Waals surface area contributed by atoms with Crippen molar-refractivity contribution in [3.8, 4) is 11.4 Å². The summed E-state index contributed by atoms with van der Waals surface area (Å²) in [6, 6.07) is 5.16. The molecule has 0 fully saturated rings. The Kier molecular flexibility index (Phi) is 3.76. The lowest BCUT2D eigenvalue weighted by atomic mass is 10.1. The molecular formula is C14H17BrFN3. The van der Waals surface area contributed by atoms with Crippen LogP contribution in [-0.2, 0) is 10.9 Å². The lowest BCUT2D eigenvalue weighted by molar-refractivity contribution is 0.390. The molecule has 1 aromatic heterocycles. The van der Waals surface area contributed by atoms with Crippen molar-refractivity contribution in [2.45, 2.75) is 38.6 Å². The van der Waals surface area contributed by atoms with Crippen molar-refractivity contribution in [1.82, 2.24) is 14.8 Å². The third kappa shape index (κ3) is 2.71. The van der Waals surface area contributed by atoms with Crippen LogP contribution in [0.3, 0.4) is 0 Å². The van der Waals surface area contributed by atoms with Crippen LogP contribution in [0.5, 0.6) is 0 Å². The van der Waals surface area contributed by atoms with Gasteiger partial charge in [0.2, 0.25) is 0 Å². The van der Waals surface area contributed by atoms with Gasteiger partial charge < -0.3 is 4.57 Å². The van der Waals surface area contributed by atoms with Crippen molar-refractivity contribution < 1.29 is 4.39 Å². The highest BCUT2D eigenvalue weighted by Crippen LogP contribution is 2.27. The summed E-state index contributed by atoms with van der Waals surface area (Å²) in [5.41, 5.74) is 1.22. The van der Waals surface area contributed by atoms with Gasteiger partial charge >= 0.3 is 0 Å². The summed E-state index contributed by atoms with van der Waals surface area (Å²) in [6.45, 7) is 7.99. The summed E-state index contributed by atoms with van der Waals surface area (Å²) in [4.78, 5) is 0. The van der Waals surface area contributed by atoms with Crippen LogP contribution < -0.4 is 0 Å². The number of hydrogen-bond donors (Lipinski definition) is 0. The van der Waals surface area contributed by atoms with Gasteiger partial charge in [0.15, 0.2) is 5.82 Å². The molecule has 0 amide bonds. The Hall–Kier alpha value is -1.23. The van der Waals surface area contributed by atoms with E-state index in [4.69, 9.17) is 0 Å². The summed E-state index contributed by atoms with van der Waals surface area (Å²) >= 11 is 3.42. The Bertz CT molecular complexity index is 599. The highest BCUT2D eigenvalue weighted by molar-refractivity contribution is 9.08. The molecule has 0 unspecified atom stereocenters. The fourth-order valence-electron chi connectivity index (χ4n) is 2.03. The second-order valence-corrected chi connectivity index (χ2v) is 6.10. The molecule has 0 atom stereocenters. The number of benzene rings is 1. The highest BCUT2D eigenvalue weighted by atomic mass is 79.9. The molecule has 5 heteroatoms. The second kappa shape index (κ2) is 5.04. The molecule has 0 aliphatic heterocycles. The van der Waals surface area contributed by atoms with E-state index in [-0.39, 0.29) is 11.4 Å². The lowest BCUT2D eigenvalue weighted by Gasteiger charge is -2.24. The summed E-state index contributed by atoms with van der Waals surface area (Å²) in [6.07, 6.45) is 0. The van der Waals surface area contributed by atoms with Gasteiger partial charge in [0.05, 0.1) is 5.33 Å². The maximum absolute atomic E-state index is 13.7. The summed E-state index contributed by atoms with van der Waals surface area (Å²) in [7, 11) is 0. The van der Waals surface area contributed by atoms with Gasteiger partial charge in [-0.05, 0) is 39.3 Å². The summed E-state index contributed by atoms with van der Waals surface area (Å²) in [5, 5.41) is 9.00. The zero-order valence-electron chi connectivity index (χ0n) is 11.5. The van der Waals surface area contributed by atoms with E-state index in [9.17, 15) is 4.39 Å². The molecule has 0 N–H and O–H groups in total. The van der Waals surface area contributed by atoms with Gasteiger partial charge in [-0.25, -0.2) is 4.39 Å². The van der Waals surface area contributed by atoms with Gasteiger partial charge in [-0.1, -0.05) is 28.1 Å². The number of alkyl halides is 1. The predicted molar refractivity (Wildman–Crippen MR) is 77.8 cm³/mol. The molecule has 0 spiro atoms. The SMILES string of the molecule is Cc1ccc(-c2nnc(CBr)n2C(C)(C)C)cc1F. The van der Waals surface area contributed by atoms with Crippen LogP contribution >= 0.6 is 15.9 Å². The molecule has 0 saturated carbocycles. The molecule has 1 heterocycles. The van der Waals surface area contributed by atoms with Gasteiger partial charge in [0.1, 0.15) is 11.6 Å². The molecule has 0 bridgehead atoms. The average molecular weight is 326 g/mol. The Balaban J connectivity index is 2.62. The van der Waals surface area contributed by atoms with Gasteiger partial charge in [0, 0.05) is 11.1 Å². The number of rotatable bonds is 2. The quantitative estimate of drug-likeness (QED) is 0.780. The van der Waals surface area contributed by atoms with Gasteiger partial charge in [0.25, 0.3) is 0 Å². The minimum absolute atomic E-state index is 0.163. The van der Waals surface area contributed by atoms with E-state index in [0.29, 0.717) is 16.7 Å². The maximum atomic E-state index is 13.7. The second-order valence-electron chi connectivity index (χ2n) is 5.54. The van der Waals surface area contributed by atoms with Gasteiger partial charge in [-0.2, -0.15) is 0 Å². The van der Waals surface area contributed by atoms with Crippen LogP contribution in [0.1, 0.15) is 32.2 Å². The van der Waals surface area contributed by atoms with Gasteiger partial charge in [-0.15, -0.1) is 10.2 Å². The number of hydrogen-bond acceptors (Lipinski definition) is 2. The third-order valence-corrected chi connectivity index (χ3v) is 3.45. The number of halogens is 2. The Morgan fingerprint density at radius 3 is 2.47 bits per heavy atom. The molecular weight excluding hydrogens is 309 g/mol. The first kappa shape index (κ1) is 14.2. The first-order valence-corrected chi connectivity index (χ1v) is 7.24. The van der Waals surface area contributed by atoms with E-state index in [2.05, 4.69) is 46.9 Å². The fourth-order valence-corrected chi connectivity index (χ4v) is 2.39. The monoisotopic (exact) mass is 325 g/mol. The number of aromatic nitrogens is 3. The fraction of sp³-hybridized carbons (Fsp3) is 0.429. The first-order chi connectivity index (χ1) is 8.84. The molecule has 2 aromatic rings. The maximum Gasteiger partial charge on any atom is 0.164 e. The van der Waals surface area contributed by atoms with Crippen molar-refractivity contribution in [3.63, 3.8) is 0 Å². The molecule has 1 aromatic carbocycles.